The van der Waals surface area contributed by atoms with Crippen molar-refractivity contribution in [1.29, 1.82) is 0 Å². The molecule has 2 N–H and O–H groups in total. The number of para-hydroxylation sites is 1. The highest BCUT2D eigenvalue weighted by Gasteiger charge is 2.16. The monoisotopic (exact) mass is 396 g/mol. The van der Waals surface area contributed by atoms with Crippen molar-refractivity contribution in [2.24, 2.45) is 0 Å². The number of aromatic amines is 1. The van der Waals surface area contributed by atoms with Crippen LogP contribution >= 0.6 is 23.2 Å². The average Bonchev–Trinajstić information content (AvgIpc) is 3.07. The quantitative estimate of drug-likeness (QED) is 0.503. The van der Waals surface area contributed by atoms with Gasteiger partial charge in [-0.25, -0.2) is 4.98 Å². The molecular formula is C20H14Cl2N4O. The number of rotatable bonds is 4. The summed E-state index contributed by atoms with van der Waals surface area (Å²) in [4.78, 5) is 24.5. The maximum atomic E-state index is 12.8. The van der Waals surface area contributed by atoms with Gasteiger partial charge in [0, 0.05) is 18.8 Å². The van der Waals surface area contributed by atoms with Gasteiger partial charge in [0.05, 0.1) is 32.3 Å². The van der Waals surface area contributed by atoms with Crippen LogP contribution in [0.1, 0.15) is 21.7 Å². The fraction of sp³-hybridized carbons (Fsp3) is 0.0500. The van der Waals surface area contributed by atoms with Crippen molar-refractivity contribution in [2.75, 3.05) is 5.32 Å². The number of hydrogen-bond donors (Lipinski definition) is 2. The second-order valence-electron chi connectivity index (χ2n) is 5.98. The fourth-order valence-corrected chi connectivity index (χ4v) is 3.32. The predicted molar refractivity (Wildman–Crippen MR) is 108 cm³/mol. The normalized spacial score (nSPS) is 10.9. The molecule has 0 atom stereocenters. The highest BCUT2D eigenvalue weighted by Crippen LogP contribution is 2.29. The summed E-state index contributed by atoms with van der Waals surface area (Å²) in [6.07, 6.45) is 3.51. The number of amides is 1. The third kappa shape index (κ3) is 3.65. The summed E-state index contributed by atoms with van der Waals surface area (Å²) in [5.74, 6) is 0.460. The molecule has 0 fully saturated rings. The molecule has 4 rings (SSSR count). The number of pyridine rings is 1. The van der Waals surface area contributed by atoms with Crippen LogP contribution < -0.4 is 5.32 Å². The number of nitrogens with one attached hydrogen (secondary N) is 2. The molecule has 134 valence electrons. The first-order valence-corrected chi connectivity index (χ1v) is 8.99. The van der Waals surface area contributed by atoms with Crippen LogP contribution in [0, 0.1) is 0 Å². The molecule has 0 aliphatic rings. The van der Waals surface area contributed by atoms with Crippen molar-refractivity contribution in [3.8, 4) is 0 Å². The first kappa shape index (κ1) is 17.5. The van der Waals surface area contributed by atoms with E-state index in [-0.39, 0.29) is 16.0 Å². The number of nitrogens with zero attached hydrogens (tertiary/aromatic N) is 2. The molecule has 4 aromatic rings. The van der Waals surface area contributed by atoms with E-state index >= 15 is 0 Å². The molecule has 0 radical (unpaired) electrons. The maximum Gasteiger partial charge on any atom is 0.257 e. The fourth-order valence-electron chi connectivity index (χ4n) is 2.86. The third-order valence-corrected chi connectivity index (χ3v) is 4.69. The van der Waals surface area contributed by atoms with Gasteiger partial charge in [0.25, 0.3) is 5.91 Å². The Bertz CT molecular complexity index is 1110. The van der Waals surface area contributed by atoms with Gasteiger partial charge in [-0.1, -0.05) is 59.6 Å². The molecule has 27 heavy (non-hydrogen) atoms. The predicted octanol–water partition coefficient (Wildman–Crippen LogP) is 5.11. The summed E-state index contributed by atoms with van der Waals surface area (Å²) in [7, 11) is 0. The van der Waals surface area contributed by atoms with Crippen LogP contribution in [-0.4, -0.2) is 20.9 Å². The van der Waals surface area contributed by atoms with Gasteiger partial charge in [-0.3, -0.25) is 9.78 Å². The molecule has 0 aliphatic carbocycles. The molecule has 1 amide bonds. The maximum absolute atomic E-state index is 12.8. The molecule has 0 saturated carbocycles. The summed E-state index contributed by atoms with van der Waals surface area (Å²) < 4.78 is 0. The number of fused-ring (bicyclic) bond motifs is 1. The largest absolute Gasteiger partial charge is 0.341 e. The molecule has 0 saturated heterocycles. The minimum atomic E-state index is -0.328. The molecule has 0 unspecified atom stereocenters. The van der Waals surface area contributed by atoms with Crippen LogP contribution in [0.15, 0.2) is 60.9 Å². The summed E-state index contributed by atoms with van der Waals surface area (Å²) in [5.41, 5.74) is 3.32. The Labute approximate surface area is 165 Å². The molecule has 2 aromatic heterocycles. The van der Waals surface area contributed by atoms with Crippen molar-refractivity contribution in [3.05, 3.63) is 87.9 Å². The zero-order chi connectivity index (χ0) is 18.8. The van der Waals surface area contributed by atoms with Crippen molar-refractivity contribution >= 4 is 45.8 Å². The number of carbonyl (C=O) groups excluding carboxylic acids is 1. The Morgan fingerprint density at radius 3 is 2.48 bits per heavy atom. The first-order valence-electron chi connectivity index (χ1n) is 8.23. The van der Waals surface area contributed by atoms with Crippen LogP contribution in [-0.2, 0) is 6.42 Å². The van der Waals surface area contributed by atoms with Crippen molar-refractivity contribution in [3.63, 3.8) is 0 Å². The Balaban J connectivity index is 1.66. The SMILES string of the molecule is O=C(Nc1c(Cl)cncc1Cl)c1cccc2nc(Cc3ccccc3)[nH]c12. The minimum absolute atomic E-state index is 0.275. The molecule has 5 nitrogen and oxygen atoms in total. The lowest BCUT2D eigenvalue weighted by atomic mass is 10.1. The molecule has 2 aromatic carbocycles. The lowest BCUT2D eigenvalue weighted by Crippen LogP contribution is -2.13. The molecule has 0 spiro atoms. The van der Waals surface area contributed by atoms with Gasteiger partial charge in [-0.15, -0.1) is 0 Å². The van der Waals surface area contributed by atoms with Gasteiger partial charge in [-0.2, -0.15) is 0 Å². The number of anilines is 1. The van der Waals surface area contributed by atoms with Crippen LogP contribution in [0.2, 0.25) is 10.0 Å². The molecule has 7 heteroatoms. The second kappa shape index (κ2) is 7.39. The summed E-state index contributed by atoms with van der Waals surface area (Å²) in [6.45, 7) is 0. The number of benzene rings is 2. The van der Waals surface area contributed by atoms with Gasteiger partial charge in [0.1, 0.15) is 5.82 Å². The highest BCUT2D eigenvalue weighted by atomic mass is 35.5. The number of H-pyrrole nitrogens is 1. The first-order chi connectivity index (χ1) is 13.1. The van der Waals surface area contributed by atoms with Gasteiger partial charge in [0.2, 0.25) is 0 Å². The zero-order valence-electron chi connectivity index (χ0n) is 14.0. The van der Waals surface area contributed by atoms with E-state index in [2.05, 4.69) is 20.3 Å². The van der Waals surface area contributed by atoms with Crippen LogP contribution in [0.4, 0.5) is 5.69 Å². The van der Waals surface area contributed by atoms with Gasteiger partial charge in [0.15, 0.2) is 0 Å². The molecule has 0 aliphatic heterocycles. The summed E-state index contributed by atoms with van der Waals surface area (Å²) in [6, 6.07) is 15.4. The van der Waals surface area contributed by atoms with E-state index in [1.165, 1.54) is 12.4 Å². The van der Waals surface area contributed by atoms with Gasteiger partial charge < -0.3 is 10.3 Å². The van der Waals surface area contributed by atoms with Gasteiger partial charge >= 0.3 is 0 Å². The topological polar surface area (TPSA) is 70.7 Å². The minimum Gasteiger partial charge on any atom is -0.341 e. The van der Waals surface area contributed by atoms with E-state index in [0.717, 1.165) is 16.9 Å². The number of halogens is 2. The summed E-state index contributed by atoms with van der Waals surface area (Å²) >= 11 is 12.2. The number of imidazole rings is 1. The van der Waals surface area contributed by atoms with E-state index in [4.69, 9.17) is 23.2 Å². The molecule has 2 heterocycles. The number of carbonyl (C=O) groups is 1. The Morgan fingerprint density at radius 1 is 1.00 bits per heavy atom. The Hall–Kier alpha value is -2.89. The van der Waals surface area contributed by atoms with Crippen LogP contribution in [0.3, 0.4) is 0 Å². The summed E-state index contributed by atoms with van der Waals surface area (Å²) in [5, 5.41) is 3.31. The number of aromatic nitrogens is 3. The van der Waals surface area contributed by atoms with Crippen molar-refractivity contribution < 1.29 is 4.79 Å². The van der Waals surface area contributed by atoms with E-state index in [1.54, 1.807) is 12.1 Å². The molecular weight excluding hydrogens is 383 g/mol. The smallest absolute Gasteiger partial charge is 0.257 e. The standard InChI is InChI=1S/C20H14Cl2N4O/c21-14-10-23-11-15(22)19(14)26-20(27)13-7-4-8-16-18(13)25-17(24-16)9-12-5-2-1-3-6-12/h1-8,10-11H,9H2,(H,24,25)(H,23,26,27). The van der Waals surface area contributed by atoms with Gasteiger partial charge in [-0.05, 0) is 17.7 Å². The zero-order valence-corrected chi connectivity index (χ0v) is 15.6. The Kier molecular flexibility index (Phi) is 4.79. The highest BCUT2D eigenvalue weighted by molar-refractivity contribution is 6.39. The van der Waals surface area contributed by atoms with Crippen LogP contribution in [0.5, 0.6) is 0 Å². The van der Waals surface area contributed by atoms with Crippen molar-refractivity contribution in [2.45, 2.75) is 6.42 Å². The lowest BCUT2D eigenvalue weighted by Gasteiger charge is -2.09. The average molecular weight is 397 g/mol. The van der Waals surface area contributed by atoms with Crippen molar-refractivity contribution in [1.82, 2.24) is 15.0 Å². The van der Waals surface area contributed by atoms with E-state index in [1.807, 2.05) is 36.4 Å². The van der Waals surface area contributed by atoms with Crippen LogP contribution in [0.25, 0.3) is 11.0 Å². The lowest BCUT2D eigenvalue weighted by molar-refractivity contribution is 0.102. The van der Waals surface area contributed by atoms with E-state index in [0.29, 0.717) is 23.2 Å². The molecule has 0 bridgehead atoms. The second-order valence-corrected chi connectivity index (χ2v) is 6.79. The van der Waals surface area contributed by atoms with E-state index < -0.39 is 0 Å². The Morgan fingerprint density at radius 2 is 1.74 bits per heavy atom. The number of hydrogen-bond acceptors (Lipinski definition) is 3. The third-order valence-electron chi connectivity index (χ3n) is 4.12. The van der Waals surface area contributed by atoms with E-state index in [9.17, 15) is 4.79 Å².